The molecular formula is C11H18ClNO2S. The molecule has 0 saturated heterocycles. The minimum Gasteiger partial charge on any atom is -0.389 e. The van der Waals surface area contributed by atoms with E-state index in [-0.39, 0.29) is 0 Å². The quantitative estimate of drug-likeness (QED) is 0.819. The molecule has 0 aromatic carbocycles. The second kappa shape index (κ2) is 7.25. The van der Waals surface area contributed by atoms with Crippen LogP contribution in [0.5, 0.6) is 0 Å². The van der Waals surface area contributed by atoms with Gasteiger partial charge in [-0.1, -0.05) is 11.6 Å². The summed E-state index contributed by atoms with van der Waals surface area (Å²) in [6.07, 6.45) is -0.430. The predicted octanol–water partition coefficient (Wildman–Crippen LogP) is 2.23. The Balaban J connectivity index is 2.27. The second-order valence-electron chi connectivity index (χ2n) is 3.72. The Bertz CT molecular complexity index is 306. The van der Waals surface area contributed by atoms with E-state index in [9.17, 15) is 5.11 Å². The van der Waals surface area contributed by atoms with Gasteiger partial charge < -0.3 is 9.84 Å². The van der Waals surface area contributed by atoms with Gasteiger partial charge in [-0.05, 0) is 26.1 Å². The van der Waals surface area contributed by atoms with E-state index < -0.39 is 6.10 Å². The van der Waals surface area contributed by atoms with Gasteiger partial charge in [0.15, 0.2) is 0 Å². The molecule has 0 fully saturated rings. The third-order valence-corrected chi connectivity index (χ3v) is 3.31. The summed E-state index contributed by atoms with van der Waals surface area (Å²) in [5.41, 5.74) is 0. The molecule has 0 aliphatic rings. The van der Waals surface area contributed by atoms with E-state index in [4.69, 9.17) is 16.3 Å². The molecule has 1 rings (SSSR count). The molecule has 1 atom stereocenters. The zero-order valence-electron chi connectivity index (χ0n) is 9.65. The van der Waals surface area contributed by atoms with Crippen LogP contribution in [0, 0.1) is 0 Å². The first kappa shape index (κ1) is 13.9. The molecule has 0 aliphatic heterocycles. The van der Waals surface area contributed by atoms with Crippen LogP contribution in [0.15, 0.2) is 12.1 Å². The van der Waals surface area contributed by atoms with E-state index in [1.807, 2.05) is 26.1 Å². The summed E-state index contributed by atoms with van der Waals surface area (Å²) in [4.78, 5) is 3.27. The number of nitrogens with zero attached hydrogens (tertiary/aromatic N) is 1. The molecule has 1 N–H and O–H groups in total. The summed E-state index contributed by atoms with van der Waals surface area (Å²) in [5.74, 6) is 0. The lowest BCUT2D eigenvalue weighted by Crippen LogP contribution is -2.31. The highest BCUT2D eigenvalue weighted by Gasteiger charge is 2.09. The summed E-state index contributed by atoms with van der Waals surface area (Å²) in [7, 11) is 1.97. The first-order valence-corrected chi connectivity index (χ1v) is 6.49. The van der Waals surface area contributed by atoms with Crippen LogP contribution in [-0.2, 0) is 11.3 Å². The number of aliphatic hydroxyl groups excluding tert-OH is 1. The van der Waals surface area contributed by atoms with Crippen molar-refractivity contribution in [2.45, 2.75) is 19.6 Å². The van der Waals surface area contributed by atoms with Gasteiger partial charge >= 0.3 is 0 Å². The Morgan fingerprint density at radius 2 is 2.31 bits per heavy atom. The zero-order valence-corrected chi connectivity index (χ0v) is 11.2. The molecule has 16 heavy (non-hydrogen) atoms. The lowest BCUT2D eigenvalue weighted by molar-refractivity contribution is 0.0245. The van der Waals surface area contributed by atoms with Gasteiger partial charge in [0.1, 0.15) is 0 Å². The molecule has 0 radical (unpaired) electrons. The summed E-state index contributed by atoms with van der Waals surface area (Å²) >= 11 is 7.42. The number of aliphatic hydroxyl groups is 1. The number of halogens is 1. The minimum atomic E-state index is -0.430. The van der Waals surface area contributed by atoms with Crippen molar-refractivity contribution in [3.05, 3.63) is 21.3 Å². The molecule has 5 heteroatoms. The van der Waals surface area contributed by atoms with Gasteiger partial charge in [-0.2, -0.15) is 0 Å². The Morgan fingerprint density at radius 3 is 2.88 bits per heavy atom. The largest absolute Gasteiger partial charge is 0.389 e. The van der Waals surface area contributed by atoms with Crippen LogP contribution in [0.4, 0.5) is 0 Å². The number of ether oxygens (including phenoxy) is 1. The van der Waals surface area contributed by atoms with Gasteiger partial charge in [0.25, 0.3) is 0 Å². The van der Waals surface area contributed by atoms with Crippen LogP contribution < -0.4 is 0 Å². The average molecular weight is 264 g/mol. The van der Waals surface area contributed by atoms with E-state index in [1.54, 1.807) is 11.3 Å². The molecule has 1 heterocycles. The molecule has 3 nitrogen and oxygen atoms in total. The van der Waals surface area contributed by atoms with Crippen molar-refractivity contribution in [3.63, 3.8) is 0 Å². The van der Waals surface area contributed by atoms with Crippen LogP contribution in [0.1, 0.15) is 11.8 Å². The maximum absolute atomic E-state index is 9.64. The van der Waals surface area contributed by atoms with Gasteiger partial charge in [0, 0.05) is 24.6 Å². The number of hydrogen-bond acceptors (Lipinski definition) is 4. The molecular weight excluding hydrogens is 246 g/mol. The lowest BCUT2D eigenvalue weighted by atomic mass is 10.3. The summed E-state index contributed by atoms with van der Waals surface area (Å²) < 4.78 is 5.96. The maximum atomic E-state index is 9.64. The van der Waals surface area contributed by atoms with E-state index in [0.717, 1.165) is 10.9 Å². The Morgan fingerprint density at radius 1 is 1.56 bits per heavy atom. The van der Waals surface area contributed by atoms with Crippen molar-refractivity contribution in [2.75, 3.05) is 26.8 Å². The average Bonchev–Trinajstić information content (AvgIpc) is 2.60. The molecule has 1 aromatic rings. The van der Waals surface area contributed by atoms with Gasteiger partial charge in [-0.3, -0.25) is 4.90 Å². The normalized spacial score (nSPS) is 13.3. The molecule has 1 aromatic heterocycles. The first-order chi connectivity index (χ1) is 7.61. The van der Waals surface area contributed by atoms with E-state index in [2.05, 4.69) is 4.90 Å². The first-order valence-electron chi connectivity index (χ1n) is 5.30. The Kier molecular flexibility index (Phi) is 6.31. The highest BCUT2D eigenvalue weighted by atomic mass is 35.5. The highest BCUT2D eigenvalue weighted by molar-refractivity contribution is 7.16. The van der Waals surface area contributed by atoms with Crippen molar-refractivity contribution in [3.8, 4) is 0 Å². The number of rotatable bonds is 7. The lowest BCUT2D eigenvalue weighted by Gasteiger charge is -2.19. The fraction of sp³-hybridized carbons (Fsp3) is 0.636. The fourth-order valence-corrected chi connectivity index (χ4v) is 2.60. The Hall–Kier alpha value is -0.130. The molecule has 92 valence electrons. The molecule has 0 amide bonds. The van der Waals surface area contributed by atoms with Crippen molar-refractivity contribution >= 4 is 22.9 Å². The predicted molar refractivity (Wildman–Crippen MR) is 68.2 cm³/mol. The third-order valence-electron chi connectivity index (χ3n) is 2.09. The van der Waals surface area contributed by atoms with Crippen molar-refractivity contribution in [2.24, 2.45) is 0 Å². The van der Waals surface area contributed by atoms with Crippen LogP contribution in [0.3, 0.4) is 0 Å². The minimum absolute atomic E-state index is 0.395. The van der Waals surface area contributed by atoms with Crippen LogP contribution in [0.25, 0.3) is 0 Å². The molecule has 0 saturated carbocycles. The second-order valence-corrected chi connectivity index (χ2v) is 5.52. The van der Waals surface area contributed by atoms with E-state index >= 15 is 0 Å². The molecule has 0 bridgehead atoms. The summed E-state index contributed by atoms with van der Waals surface area (Å²) in [5, 5.41) is 9.64. The standard InChI is InChI=1S/C11H18ClNO2S/c1-3-15-8-9(14)6-13(2)7-10-4-5-11(12)16-10/h4-5,9,14H,3,6-8H2,1-2H3. The van der Waals surface area contributed by atoms with Crippen molar-refractivity contribution < 1.29 is 9.84 Å². The van der Waals surface area contributed by atoms with Gasteiger partial charge in [0.05, 0.1) is 17.0 Å². The van der Waals surface area contributed by atoms with Gasteiger partial charge in [0.2, 0.25) is 0 Å². The molecule has 0 aliphatic carbocycles. The molecule has 0 spiro atoms. The van der Waals surface area contributed by atoms with Crippen LogP contribution >= 0.6 is 22.9 Å². The number of hydrogen-bond donors (Lipinski definition) is 1. The van der Waals surface area contributed by atoms with E-state index in [0.29, 0.717) is 19.8 Å². The zero-order chi connectivity index (χ0) is 12.0. The summed E-state index contributed by atoms with van der Waals surface area (Å²) in [6.45, 7) is 4.37. The maximum Gasteiger partial charge on any atom is 0.0931 e. The highest BCUT2D eigenvalue weighted by Crippen LogP contribution is 2.22. The van der Waals surface area contributed by atoms with Crippen molar-refractivity contribution in [1.29, 1.82) is 0 Å². The smallest absolute Gasteiger partial charge is 0.0931 e. The molecule has 1 unspecified atom stereocenters. The van der Waals surface area contributed by atoms with E-state index in [1.165, 1.54) is 4.88 Å². The summed E-state index contributed by atoms with van der Waals surface area (Å²) in [6, 6.07) is 3.91. The van der Waals surface area contributed by atoms with Gasteiger partial charge in [-0.25, -0.2) is 0 Å². The van der Waals surface area contributed by atoms with Gasteiger partial charge in [-0.15, -0.1) is 11.3 Å². The number of thiophene rings is 1. The monoisotopic (exact) mass is 263 g/mol. The van der Waals surface area contributed by atoms with Crippen LogP contribution in [0.2, 0.25) is 4.34 Å². The SMILES string of the molecule is CCOCC(O)CN(C)Cc1ccc(Cl)s1. The topological polar surface area (TPSA) is 32.7 Å². The third kappa shape index (κ3) is 5.27. The fourth-order valence-electron chi connectivity index (χ4n) is 1.43. The number of likely N-dealkylation sites (N-methyl/N-ethyl adjacent to an activating group) is 1. The van der Waals surface area contributed by atoms with Crippen LogP contribution in [-0.4, -0.2) is 42.9 Å². The van der Waals surface area contributed by atoms with Crippen molar-refractivity contribution in [1.82, 2.24) is 4.90 Å². The Labute approximate surface area is 106 Å².